The zero-order chi connectivity index (χ0) is 37.6. The average molecular weight is 741 g/mol. The summed E-state index contributed by atoms with van der Waals surface area (Å²) in [7, 11) is -11.2. The molecule has 0 saturated carbocycles. The van der Waals surface area contributed by atoms with Crippen molar-refractivity contribution in [2.75, 3.05) is 25.8 Å². The molecular formula is C39H55N2O6P3. The Morgan fingerprint density at radius 1 is 0.540 bits per heavy atom. The molecule has 3 aromatic rings. The first-order chi connectivity index (χ1) is 23.1. The van der Waals surface area contributed by atoms with Crippen LogP contribution < -0.4 is 21.0 Å². The molecule has 0 fully saturated rings. The van der Waals surface area contributed by atoms with E-state index < -0.39 is 49.0 Å². The molecule has 0 heterocycles. The van der Waals surface area contributed by atoms with Crippen LogP contribution in [0.3, 0.4) is 0 Å². The minimum Gasteiger partial charge on any atom is -0.311 e. The van der Waals surface area contributed by atoms with Gasteiger partial charge < -0.3 is 4.57 Å². The topological polar surface area (TPSA) is 118 Å². The largest absolute Gasteiger partial charge is 0.311 e. The highest BCUT2D eigenvalue weighted by atomic mass is 31.2. The highest BCUT2D eigenvalue weighted by molar-refractivity contribution is 7.87. The summed E-state index contributed by atoms with van der Waals surface area (Å²) >= 11 is 0. The summed E-state index contributed by atoms with van der Waals surface area (Å²) in [5.74, 6) is 0. The van der Waals surface area contributed by atoms with Crippen LogP contribution in [0.2, 0.25) is 0 Å². The van der Waals surface area contributed by atoms with Gasteiger partial charge in [0.1, 0.15) is 0 Å². The maximum atomic E-state index is 15.3. The number of hydrogen-bond acceptors (Lipinski definition) is 6. The smallest absolute Gasteiger partial charge is 0.242 e. The van der Waals surface area contributed by atoms with E-state index >= 15 is 4.57 Å². The van der Waals surface area contributed by atoms with Crippen molar-refractivity contribution < 1.29 is 28.1 Å². The molecule has 0 radical (unpaired) electrons. The third kappa shape index (κ3) is 9.58. The molecule has 1 N–H and O–H groups in total. The molecule has 272 valence electrons. The van der Waals surface area contributed by atoms with Crippen molar-refractivity contribution in [1.82, 2.24) is 9.76 Å². The molecule has 0 aliphatic heterocycles. The van der Waals surface area contributed by atoms with E-state index in [-0.39, 0.29) is 37.7 Å². The quantitative estimate of drug-likeness (QED) is 0.115. The van der Waals surface area contributed by atoms with Crippen molar-refractivity contribution in [3.63, 3.8) is 0 Å². The summed E-state index contributed by atoms with van der Waals surface area (Å²) in [6.07, 6.45) is 0.587. The van der Waals surface area contributed by atoms with Crippen molar-refractivity contribution in [1.29, 1.82) is 0 Å². The molecule has 50 heavy (non-hydrogen) atoms. The molecule has 0 bridgehead atoms. The van der Waals surface area contributed by atoms with Gasteiger partial charge in [0.25, 0.3) is 0 Å². The van der Waals surface area contributed by atoms with Gasteiger partial charge in [-0.05, 0) is 37.1 Å². The standard InChI is InChI=1S/C39H55N2O6P3/c1-37(2,3)34(42)48(45,31-21-13-10-14-22-31)30-20-29-41(50(47,36(44)39(7,8)9)33-25-17-12-18-26-33)28-19-27-40-49(46,35(43)38(4,5)6)32-23-15-11-16-24-32/h10-18,21-26H,19-20,27-30H2,1-9H3,(H,40,46). The van der Waals surface area contributed by atoms with E-state index in [9.17, 15) is 23.5 Å². The van der Waals surface area contributed by atoms with Gasteiger partial charge in [0.2, 0.25) is 31.2 Å². The molecule has 3 rings (SSSR count). The maximum Gasteiger partial charge on any atom is 0.242 e. The number of nitrogens with one attached hydrogen (secondary N) is 1. The first kappa shape index (κ1) is 41.7. The maximum absolute atomic E-state index is 15.3. The van der Waals surface area contributed by atoms with Crippen LogP contribution in [0, 0.1) is 16.2 Å². The number of carbonyl (C=O) groups is 3. The summed E-state index contributed by atoms with van der Waals surface area (Å²) in [5, 5.41) is 4.36. The van der Waals surface area contributed by atoms with Gasteiger partial charge in [-0.1, -0.05) is 129 Å². The fraction of sp³-hybridized carbons (Fsp3) is 0.462. The Morgan fingerprint density at radius 2 is 0.940 bits per heavy atom. The molecule has 0 aromatic heterocycles. The van der Waals surface area contributed by atoms with Crippen LogP contribution in [0.4, 0.5) is 0 Å². The monoisotopic (exact) mass is 740 g/mol. The zero-order valence-electron chi connectivity index (χ0n) is 31.1. The highest BCUT2D eigenvalue weighted by Crippen LogP contribution is 2.56. The Morgan fingerprint density at radius 3 is 1.38 bits per heavy atom. The molecule has 3 atom stereocenters. The molecule has 0 aliphatic carbocycles. The van der Waals surface area contributed by atoms with Gasteiger partial charge in [-0.3, -0.25) is 28.6 Å². The first-order valence-electron chi connectivity index (χ1n) is 17.2. The van der Waals surface area contributed by atoms with Crippen LogP contribution >= 0.6 is 21.7 Å². The summed E-state index contributed by atoms with van der Waals surface area (Å²) < 4.78 is 46.0. The summed E-state index contributed by atoms with van der Waals surface area (Å²) in [5.41, 5.74) is -3.82. The molecule has 0 spiro atoms. The molecule has 11 heteroatoms. The van der Waals surface area contributed by atoms with Crippen LogP contribution in [0.5, 0.6) is 0 Å². The van der Waals surface area contributed by atoms with Gasteiger partial charge in [0.15, 0.2) is 7.14 Å². The summed E-state index contributed by atoms with van der Waals surface area (Å²) in [6.45, 7) is 16.1. The van der Waals surface area contributed by atoms with Crippen molar-refractivity contribution in [3.05, 3.63) is 91.0 Å². The molecule has 3 unspecified atom stereocenters. The highest BCUT2D eigenvalue weighted by Gasteiger charge is 2.46. The van der Waals surface area contributed by atoms with Gasteiger partial charge in [0.05, 0.1) is 0 Å². The van der Waals surface area contributed by atoms with Crippen LogP contribution in [-0.2, 0) is 28.1 Å². The third-order valence-corrected chi connectivity index (χ3v) is 18.2. The van der Waals surface area contributed by atoms with E-state index in [2.05, 4.69) is 5.09 Å². The number of nitrogens with zero attached hydrogens (tertiary/aromatic N) is 1. The lowest BCUT2D eigenvalue weighted by molar-refractivity contribution is -0.119. The summed E-state index contributed by atoms with van der Waals surface area (Å²) in [6, 6.07) is 26.1. The Kier molecular flexibility index (Phi) is 13.6. The number of carbonyl (C=O) groups excluding carboxylic acids is 3. The first-order valence-corrected chi connectivity index (χ1v) is 22.5. The predicted molar refractivity (Wildman–Crippen MR) is 208 cm³/mol. The second-order valence-corrected chi connectivity index (χ2v) is 23.8. The van der Waals surface area contributed by atoms with Gasteiger partial charge in [-0.2, -0.15) is 0 Å². The van der Waals surface area contributed by atoms with Gasteiger partial charge >= 0.3 is 0 Å². The van der Waals surface area contributed by atoms with Gasteiger partial charge in [-0.25, -0.2) is 4.67 Å². The third-order valence-electron chi connectivity index (χ3n) is 8.43. The number of rotatable bonds is 16. The lowest BCUT2D eigenvalue weighted by atomic mass is 9.99. The van der Waals surface area contributed by atoms with E-state index in [0.717, 1.165) is 0 Å². The second-order valence-electron chi connectivity index (χ2n) is 15.9. The van der Waals surface area contributed by atoms with Crippen molar-refractivity contribution in [2.45, 2.75) is 75.2 Å². The Balaban J connectivity index is 2.01. The predicted octanol–water partition coefficient (Wildman–Crippen LogP) is 8.27. The average Bonchev–Trinajstić information content (AvgIpc) is 3.07. The molecule has 0 amide bonds. The Hall–Kier alpha value is -2.72. The molecule has 8 nitrogen and oxygen atoms in total. The van der Waals surface area contributed by atoms with Crippen molar-refractivity contribution >= 4 is 54.2 Å². The second kappa shape index (κ2) is 16.3. The molecule has 3 aromatic carbocycles. The van der Waals surface area contributed by atoms with E-state index in [0.29, 0.717) is 22.3 Å². The molecule has 0 aliphatic rings. The van der Waals surface area contributed by atoms with Crippen LogP contribution in [0.1, 0.15) is 75.2 Å². The van der Waals surface area contributed by atoms with Crippen LogP contribution in [0.25, 0.3) is 0 Å². The fourth-order valence-electron chi connectivity index (χ4n) is 5.81. The molecular weight excluding hydrogens is 685 g/mol. The number of hydrogen-bond donors (Lipinski definition) is 1. The van der Waals surface area contributed by atoms with Gasteiger partial charge in [-0.15, -0.1) is 0 Å². The van der Waals surface area contributed by atoms with E-state index in [1.807, 2.05) is 6.07 Å². The zero-order valence-corrected chi connectivity index (χ0v) is 33.8. The minimum atomic E-state index is -3.93. The van der Waals surface area contributed by atoms with Crippen LogP contribution in [0.15, 0.2) is 91.0 Å². The Labute approximate surface area is 299 Å². The SMILES string of the molecule is CC(C)(C)C(=O)P(=O)(CCCN(CCCNP(=O)(C(=O)C(C)(C)C)c1ccccc1)P(=O)(C(=O)C(C)(C)C)c1ccccc1)c1ccccc1. The van der Waals surface area contributed by atoms with Crippen molar-refractivity contribution in [3.8, 4) is 0 Å². The van der Waals surface area contributed by atoms with Crippen molar-refractivity contribution in [2.24, 2.45) is 16.2 Å². The van der Waals surface area contributed by atoms with Gasteiger partial charge in [0, 0.05) is 58.0 Å². The van der Waals surface area contributed by atoms with E-state index in [1.165, 1.54) is 0 Å². The minimum absolute atomic E-state index is 0.0453. The normalized spacial score (nSPS) is 16.2. The summed E-state index contributed by atoms with van der Waals surface area (Å²) in [4.78, 5) is 41.5. The van der Waals surface area contributed by atoms with E-state index in [1.54, 1.807) is 152 Å². The fourth-order valence-corrected chi connectivity index (χ4v) is 14.6. The molecule has 0 saturated heterocycles. The van der Waals surface area contributed by atoms with Crippen LogP contribution in [-0.4, -0.2) is 47.0 Å². The lowest BCUT2D eigenvalue weighted by Gasteiger charge is -2.35. The number of benzene rings is 3. The Bertz CT molecular complexity index is 1770. The van der Waals surface area contributed by atoms with E-state index in [4.69, 9.17) is 0 Å². The lowest BCUT2D eigenvalue weighted by Crippen LogP contribution is -2.38.